The number of hydrogen-bond acceptors (Lipinski definition) is 5. The zero-order valence-corrected chi connectivity index (χ0v) is 16.1. The number of halogens is 3. The molecule has 0 spiro atoms. The predicted octanol–water partition coefficient (Wildman–Crippen LogP) is 2.72. The normalized spacial score (nSPS) is 17.3. The van der Waals surface area contributed by atoms with Crippen molar-refractivity contribution in [1.82, 2.24) is 24.9 Å². The number of hydrogen-bond donors (Lipinski definition) is 1. The van der Waals surface area contributed by atoms with Crippen molar-refractivity contribution >= 4 is 17.5 Å². The van der Waals surface area contributed by atoms with Crippen LogP contribution in [0, 0.1) is 5.92 Å². The molecule has 3 aromatic rings. The maximum atomic E-state index is 13.1. The van der Waals surface area contributed by atoms with Crippen LogP contribution in [0.15, 0.2) is 42.7 Å². The Bertz CT molecular complexity index is 1020. The molecule has 1 N–H and O–H groups in total. The molecule has 1 aliphatic rings. The third kappa shape index (κ3) is 4.37. The standard InChI is InChI=1S/C20H21F3N6O/c21-20(22,23)15-6-7-17-26-27-19(29(17)13-15)28-11-3-4-14(12-28)18(30)25-10-8-16-5-1-2-9-24-16/h1-2,5-7,9,13-14H,3-4,8,10-12H2,(H,25,30). The highest BCUT2D eigenvalue weighted by atomic mass is 19.4. The van der Waals surface area contributed by atoms with Crippen LogP contribution < -0.4 is 10.2 Å². The molecule has 1 unspecified atom stereocenters. The molecule has 7 nitrogen and oxygen atoms in total. The smallest absolute Gasteiger partial charge is 0.355 e. The van der Waals surface area contributed by atoms with Crippen molar-refractivity contribution in [2.75, 3.05) is 24.5 Å². The molecule has 1 aliphatic heterocycles. The first-order valence-electron chi connectivity index (χ1n) is 9.76. The summed E-state index contributed by atoms with van der Waals surface area (Å²) in [5.74, 6) is -0.0110. The minimum Gasteiger partial charge on any atom is -0.355 e. The van der Waals surface area contributed by atoms with Crippen LogP contribution in [-0.2, 0) is 17.4 Å². The maximum absolute atomic E-state index is 13.1. The highest BCUT2D eigenvalue weighted by Gasteiger charge is 2.32. The largest absolute Gasteiger partial charge is 0.417 e. The fourth-order valence-corrected chi connectivity index (χ4v) is 3.64. The first kappa shape index (κ1) is 20.1. The maximum Gasteiger partial charge on any atom is 0.417 e. The molecule has 0 radical (unpaired) electrons. The van der Waals surface area contributed by atoms with Gasteiger partial charge in [0.1, 0.15) is 0 Å². The van der Waals surface area contributed by atoms with Crippen molar-refractivity contribution in [3.05, 3.63) is 54.0 Å². The van der Waals surface area contributed by atoms with E-state index < -0.39 is 11.7 Å². The van der Waals surface area contributed by atoms with Gasteiger partial charge in [-0.1, -0.05) is 6.07 Å². The minimum absolute atomic E-state index is 0.0690. The molecule has 0 bridgehead atoms. The molecule has 30 heavy (non-hydrogen) atoms. The van der Waals surface area contributed by atoms with Gasteiger partial charge in [0, 0.05) is 44.1 Å². The Morgan fingerprint density at radius 2 is 2.07 bits per heavy atom. The van der Waals surface area contributed by atoms with Crippen LogP contribution in [0.2, 0.25) is 0 Å². The molecule has 1 atom stereocenters. The Kier molecular flexibility index (Phi) is 5.56. The number of nitrogens with zero attached hydrogens (tertiary/aromatic N) is 5. The van der Waals surface area contributed by atoms with Crippen LogP contribution in [0.3, 0.4) is 0 Å². The molecule has 3 aromatic heterocycles. The van der Waals surface area contributed by atoms with E-state index in [2.05, 4.69) is 20.5 Å². The number of pyridine rings is 2. The van der Waals surface area contributed by atoms with Crippen LogP contribution in [0.4, 0.5) is 19.1 Å². The number of carbonyl (C=O) groups is 1. The third-order valence-corrected chi connectivity index (χ3v) is 5.19. The summed E-state index contributed by atoms with van der Waals surface area (Å²) in [4.78, 5) is 18.7. The van der Waals surface area contributed by atoms with E-state index in [4.69, 9.17) is 0 Å². The number of nitrogens with one attached hydrogen (secondary N) is 1. The zero-order chi connectivity index (χ0) is 21.1. The fourth-order valence-electron chi connectivity index (χ4n) is 3.64. The van der Waals surface area contributed by atoms with Crippen LogP contribution in [0.1, 0.15) is 24.1 Å². The monoisotopic (exact) mass is 418 g/mol. The molecule has 158 valence electrons. The molecule has 4 heterocycles. The molecule has 1 amide bonds. The van der Waals surface area contributed by atoms with Crippen molar-refractivity contribution in [1.29, 1.82) is 0 Å². The van der Waals surface area contributed by atoms with Crippen LogP contribution >= 0.6 is 0 Å². The number of aromatic nitrogens is 4. The van der Waals surface area contributed by atoms with Crippen molar-refractivity contribution in [3.63, 3.8) is 0 Å². The lowest BCUT2D eigenvalue weighted by Crippen LogP contribution is -2.44. The van der Waals surface area contributed by atoms with Gasteiger partial charge in [0.25, 0.3) is 0 Å². The van der Waals surface area contributed by atoms with E-state index in [1.165, 1.54) is 10.5 Å². The molecule has 1 fully saturated rings. The van der Waals surface area contributed by atoms with Gasteiger partial charge >= 0.3 is 6.18 Å². The van der Waals surface area contributed by atoms with Crippen molar-refractivity contribution in [2.45, 2.75) is 25.4 Å². The Morgan fingerprint density at radius 3 is 2.83 bits per heavy atom. The average Bonchev–Trinajstić information content (AvgIpc) is 3.17. The summed E-state index contributed by atoms with van der Waals surface area (Å²) in [6, 6.07) is 7.92. The molecular formula is C20H21F3N6O. The SMILES string of the molecule is O=C(NCCc1ccccn1)C1CCCN(c2nnc3ccc(C(F)(F)F)cn23)C1. The molecule has 0 saturated carbocycles. The molecule has 10 heteroatoms. The van der Waals surface area contributed by atoms with Crippen molar-refractivity contribution in [3.8, 4) is 0 Å². The van der Waals surface area contributed by atoms with Gasteiger partial charge in [0.15, 0.2) is 5.65 Å². The Hall–Kier alpha value is -3.17. The second kappa shape index (κ2) is 8.29. The summed E-state index contributed by atoms with van der Waals surface area (Å²) in [7, 11) is 0. The lowest BCUT2D eigenvalue weighted by Gasteiger charge is -2.32. The van der Waals surface area contributed by atoms with Crippen LogP contribution in [0.25, 0.3) is 5.65 Å². The fraction of sp³-hybridized carbons (Fsp3) is 0.400. The summed E-state index contributed by atoms with van der Waals surface area (Å²) in [6.07, 6.45) is 0.360. The third-order valence-electron chi connectivity index (χ3n) is 5.19. The molecule has 0 aromatic carbocycles. The summed E-state index contributed by atoms with van der Waals surface area (Å²) < 4.78 is 40.6. The number of alkyl halides is 3. The van der Waals surface area contributed by atoms with Gasteiger partial charge in [-0.25, -0.2) is 0 Å². The van der Waals surface area contributed by atoms with E-state index in [0.29, 0.717) is 37.7 Å². The topological polar surface area (TPSA) is 75.4 Å². The first-order valence-corrected chi connectivity index (χ1v) is 9.76. The van der Waals surface area contributed by atoms with E-state index in [1.807, 2.05) is 23.1 Å². The molecular weight excluding hydrogens is 397 g/mol. The quantitative estimate of drug-likeness (QED) is 0.690. The van der Waals surface area contributed by atoms with Gasteiger partial charge in [-0.2, -0.15) is 13.2 Å². The molecule has 4 rings (SSSR count). The van der Waals surface area contributed by atoms with E-state index >= 15 is 0 Å². The van der Waals surface area contributed by atoms with Gasteiger partial charge < -0.3 is 10.2 Å². The molecule has 0 aliphatic carbocycles. The average molecular weight is 418 g/mol. The Balaban J connectivity index is 1.43. The lowest BCUT2D eigenvalue weighted by molar-refractivity contribution is -0.137. The van der Waals surface area contributed by atoms with Crippen LogP contribution in [0.5, 0.6) is 0 Å². The molecule has 1 saturated heterocycles. The van der Waals surface area contributed by atoms with Gasteiger partial charge in [-0.15, -0.1) is 10.2 Å². The van der Waals surface area contributed by atoms with Gasteiger partial charge in [0.05, 0.1) is 11.5 Å². The number of rotatable bonds is 5. The lowest BCUT2D eigenvalue weighted by atomic mass is 9.97. The second-order valence-corrected chi connectivity index (χ2v) is 7.29. The van der Waals surface area contributed by atoms with Gasteiger partial charge in [0.2, 0.25) is 11.9 Å². The second-order valence-electron chi connectivity index (χ2n) is 7.29. The van der Waals surface area contributed by atoms with E-state index in [9.17, 15) is 18.0 Å². The van der Waals surface area contributed by atoms with Crippen molar-refractivity contribution in [2.24, 2.45) is 5.92 Å². The highest BCUT2D eigenvalue weighted by molar-refractivity contribution is 5.79. The first-order chi connectivity index (χ1) is 14.4. The highest BCUT2D eigenvalue weighted by Crippen LogP contribution is 2.30. The number of piperidine rings is 1. The van der Waals surface area contributed by atoms with E-state index in [0.717, 1.165) is 30.8 Å². The Morgan fingerprint density at radius 1 is 1.20 bits per heavy atom. The zero-order valence-electron chi connectivity index (χ0n) is 16.1. The summed E-state index contributed by atoms with van der Waals surface area (Å²) in [5.41, 5.74) is 0.468. The van der Waals surface area contributed by atoms with E-state index in [1.54, 1.807) is 6.20 Å². The van der Waals surface area contributed by atoms with Gasteiger partial charge in [-0.05, 0) is 37.1 Å². The Labute approximate surface area is 170 Å². The summed E-state index contributed by atoms with van der Waals surface area (Å²) in [5, 5.41) is 11.0. The number of anilines is 1. The van der Waals surface area contributed by atoms with E-state index in [-0.39, 0.29) is 11.8 Å². The van der Waals surface area contributed by atoms with Gasteiger partial charge in [-0.3, -0.25) is 14.2 Å². The number of fused-ring (bicyclic) bond motifs is 1. The minimum atomic E-state index is -4.45. The number of carbonyl (C=O) groups excluding carboxylic acids is 1. The van der Waals surface area contributed by atoms with Crippen molar-refractivity contribution < 1.29 is 18.0 Å². The predicted molar refractivity (Wildman–Crippen MR) is 104 cm³/mol. The summed E-state index contributed by atoms with van der Waals surface area (Å²) in [6.45, 7) is 1.47. The van der Waals surface area contributed by atoms with Crippen LogP contribution in [-0.4, -0.2) is 45.1 Å². The number of amides is 1. The summed E-state index contributed by atoms with van der Waals surface area (Å²) >= 11 is 0.